The molecule has 1 atom stereocenters. The minimum atomic E-state index is -0.270. The normalized spacial score (nSPS) is 16.2. The number of nitrogens with zero attached hydrogens (tertiary/aromatic N) is 2. The first kappa shape index (κ1) is 20.8. The van der Waals surface area contributed by atoms with E-state index in [1.54, 1.807) is 24.3 Å². The highest BCUT2D eigenvalue weighted by Gasteiger charge is 2.20. The maximum Gasteiger partial charge on any atom is 0.262 e. The predicted molar refractivity (Wildman–Crippen MR) is 123 cm³/mol. The molecular weight excluding hydrogens is 390 g/mol. The fourth-order valence-electron chi connectivity index (χ4n) is 3.95. The first-order valence-corrected chi connectivity index (χ1v) is 10.7. The van der Waals surface area contributed by atoms with Crippen molar-refractivity contribution in [2.45, 2.75) is 39.2 Å². The zero-order chi connectivity index (χ0) is 21.8. The van der Waals surface area contributed by atoms with Gasteiger partial charge < -0.3 is 15.0 Å². The molecule has 1 unspecified atom stereocenters. The van der Waals surface area contributed by atoms with Gasteiger partial charge >= 0.3 is 0 Å². The Kier molecular flexibility index (Phi) is 6.16. The van der Waals surface area contributed by atoms with E-state index in [4.69, 9.17) is 9.72 Å². The molecule has 1 aliphatic rings. The summed E-state index contributed by atoms with van der Waals surface area (Å²) in [5.41, 5.74) is 1.99. The SMILES string of the molecule is CC(=O)c1ccc(NC(=O)COc2cccc3ccc(N4CCCCC4C)nc23)cc1. The van der Waals surface area contributed by atoms with Gasteiger partial charge in [-0.15, -0.1) is 0 Å². The second-order valence-electron chi connectivity index (χ2n) is 8.01. The summed E-state index contributed by atoms with van der Waals surface area (Å²) in [6.07, 6.45) is 3.60. The maximum atomic E-state index is 12.4. The summed E-state index contributed by atoms with van der Waals surface area (Å²) < 4.78 is 5.84. The number of hydrogen-bond donors (Lipinski definition) is 1. The van der Waals surface area contributed by atoms with Gasteiger partial charge in [-0.05, 0) is 75.6 Å². The van der Waals surface area contributed by atoms with Crippen LogP contribution in [0.3, 0.4) is 0 Å². The van der Waals surface area contributed by atoms with Crippen LogP contribution >= 0.6 is 0 Å². The molecular formula is C25H27N3O3. The Hall–Kier alpha value is -3.41. The average molecular weight is 418 g/mol. The number of amides is 1. The third-order valence-electron chi connectivity index (χ3n) is 5.70. The number of piperidine rings is 1. The molecule has 0 bridgehead atoms. The highest BCUT2D eigenvalue weighted by Crippen LogP contribution is 2.29. The quantitative estimate of drug-likeness (QED) is 0.582. The zero-order valence-electron chi connectivity index (χ0n) is 17.9. The van der Waals surface area contributed by atoms with Crippen LogP contribution in [-0.2, 0) is 4.79 Å². The average Bonchev–Trinajstić information content (AvgIpc) is 2.78. The molecule has 0 spiro atoms. The van der Waals surface area contributed by atoms with Crippen LogP contribution in [-0.4, -0.2) is 35.9 Å². The lowest BCUT2D eigenvalue weighted by Crippen LogP contribution is -2.37. The molecule has 1 N–H and O–H groups in total. The number of carbonyl (C=O) groups is 2. The number of benzene rings is 2. The van der Waals surface area contributed by atoms with Crippen molar-refractivity contribution in [1.29, 1.82) is 0 Å². The lowest BCUT2D eigenvalue weighted by molar-refractivity contribution is -0.118. The number of ether oxygens (including phenoxy) is 1. The van der Waals surface area contributed by atoms with Crippen molar-refractivity contribution in [2.24, 2.45) is 0 Å². The molecule has 31 heavy (non-hydrogen) atoms. The molecule has 0 radical (unpaired) electrons. The van der Waals surface area contributed by atoms with Crippen LogP contribution in [0.15, 0.2) is 54.6 Å². The number of carbonyl (C=O) groups excluding carboxylic acids is 2. The highest BCUT2D eigenvalue weighted by molar-refractivity contribution is 5.96. The van der Waals surface area contributed by atoms with Crippen LogP contribution in [0, 0.1) is 0 Å². The Bertz CT molecular complexity index is 1090. The molecule has 6 heteroatoms. The van der Waals surface area contributed by atoms with E-state index in [1.165, 1.54) is 26.2 Å². The van der Waals surface area contributed by atoms with Gasteiger partial charge in [-0.2, -0.15) is 0 Å². The Morgan fingerprint density at radius 2 is 1.90 bits per heavy atom. The molecule has 3 aromatic rings. The van der Waals surface area contributed by atoms with Crippen LogP contribution in [0.2, 0.25) is 0 Å². The molecule has 4 rings (SSSR count). The molecule has 2 aromatic carbocycles. The van der Waals surface area contributed by atoms with Gasteiger partial charge in [0.2, 0.25) is 0 Å². The van der Waals surface area contributed by atoms with Gasteiger partial charge in [0.05, 0.1) is 0 Å². The van der Waals surface area contributed by atoms with Gasteiger partial charge in [0.1, 0.15) is 17.1 Å². The summed E-state index contributed by atoms with van der Waals surface area (Å²) in [6, 6.07) is 17.1. The van der Waals surface area contributed by atoms with E-state index in [9.17, 15) is 9.59 Å². The van der Waals surface area contributed by atoms with Gasteiger partial charge in [0, 0.05) is 29.2 Å². The van der Waals surface area contributed by atoms with Crippen molar-refractivity contribution in [3.05, 3.63) is 60.2 Å². The molecule has 160 valence electrons. The lowest BCUT2D eigenvalue weighted by atomic mass is 10.0. The first-order valence-electron chi connectivity index (χ1n) is 10.7. The summed E-state index contributed by atoms with van der Waals surface area (Å²) in [7, 11) is 0. The van der Waals surface area contributed by atoms with Crippen molar-refractivity contribution < 1.29 is 14.3 Å². The Balaban J connectivity index is 1.46. The van der Waals surface area contributed by atoms with E-state index in [2.05, 4.69) is 29.3 Å². The van der Waals surface area contributed by atoms with E-state index in [1.807, 2.05) is 18.2 Å². The topological polar surface area (TPSA) is 71.5 Å². The molecule has 0 aliphatic carbocycles. The van der Waals surface area contributed by atoms with Crippen LogP contribution in [0.4, 0.5) is 11.5 Å². The number of hydrogen-bond acceptors (Lipinski definition) is 5. The van der Waals surface area contributed by atoms with Crippen molar-refractivity contribution >= 4 is 34.1 Å². The van der Waals surface area contributed by atoms with E-state index in [-0.39, 0.29) is 18.3 Å². The van der Waals surface area contributed by atoms with Crippen LogP contribution in [0.25, 0.3) is 10.9 Å². The number of nitrogens with one attached hydrogen (secondary N) is 1. The van der Waals surface area contributed by atoms with Crippen molar-refractivity contribution in [3.8, 4) is 5.75 Å². The highest BCUT2D eigenvalue weighted by atomic mass is 16.5. The van der Waals surface area contributed by atoms with Crippen molar-refractivity contribution in [1.82, 2.24) is 4.98 Å². The lowest BCUT2D eigenvalue weighted by Gasteiger charge is -2.34. The van der Waals surface area contributed by atoms with Crippen LogP contribution in [0.1, 0.15) is 43.5 Å². The molecule has 6 nitrogen and oxygen atoms in total. The zero-order valence-corrected chi connectivity index (χ0v) is 17.9. The first-order chi connectivity index (χ1) is 15.0. The monoisotopic (exact) mass is 417 g/mol. The van der Waals surface area contributed by atoms with Crippen molar-refractivity contribution in [3.63, 3.8) is 0 Å². The van der Waals surface area contributed by atoms with E-state index >= 15 is 0 Å². The van der Waals surface area contributed by atoms with Crippen LogP contribution < -0.4 is 15.0 Å². The predicted octanol–water partition coefficient (Wildman–Crippen LogP) is 4.83. The minimum absolute atomic E-state index is 0.0111. The second kappa shape index (κ2) is 9.16. The molecule has 1 aromatic heterocycles. The van der Waals surface area contributed by atoms with Gasteiger partial charge in [-0.25, -0.2) is 4.98 Å². The van der Waals surface area contributed by atoms with Gasteiger partial charge in [-0.1, -0.05) is 12.1 Å². The van der Waals surface area contributed by atoms with Gasteiger partial charge in [-0.3, -0.25) is 9.59 Å². The third-order valence-corrected chi connectivity index (χ3v) is 5.70. The summed E-state index contributed by atoms with van der Waals surface area (Å²) in [5, 5.41) is 3.77. The minimum Gasteiger partial charge on any atom is -0.481 e. The molecule has 1 aliphatic heterocycles. The summed E-state index contributed by atoms with van der Waals surface area (Å²) in [6.45, 7) is 4.63. The van der Waals surface area contributed by atoms with Gasteiger partial charge in [0.15, 0.2) is 12.4 Å². The summed E-state index contributed by atoms with van der Waals surface area (Å²) in [5.74, 6) is 1.26. The maximum absolute atomic E-state index is 12.4. The Morgan fingerprint density at radius 3 is 2.65 bits per heavy atom. The number of fused-ring (bicyclic) bond motifs is 1. The molecule has 0 saturated carbocycles. The second-order valence-corrected chi connectivity index (χ2v) is 8.01. The number of ketones is 1. The fraction of sp³-hybridized carbons (Fsp3) is 0.320. The number of aromatic nitrogens is 1. The number of rotatable bonds is 6. The Labute approximate surface area is 182 Å². The van der Waals surface area contributed by atoms with Crippen molar-refractivity contribution in [2.75, 3.05) is 23.4 Å². The Morgan fingerprint density at radius 1 is 1.10 bits per heavy atom. The molecule has 1 fully saturated rings. The summed E-state index contributed by atoms with van der Waals surface area (Å²) in [4.78, 5) is 31.0. The summed E-state index contributed by atoms with van der Waals surface area (Å²) >= 11 is 0. The molecule has 1 saturated heterocycles. The standard InChI is InChI=1S/C25H27N3O3/c1-17-6-3-4-15-28(17)23-14-11-20-7-5-8-22(25(20)27-23)31-16-24(30)26-21-12-9-19(10-13-21)18(2)29/h5,7-14,17H,3-4,6,15-16H2,1-2H3,(H,26,30). The number of para-hydroxylation sites is 1. The van der Waals surface area contributed by atoms with E-state index in [0.29, 0.717) is 23.0 Å². The van der Waals surface area contributed by atoms with E-state index in [0.717, 1.165) is 23.3 Å². The fourth-order valence-corrected chi connectivity index (χ4v) is 3.95. The van der Waals surface area contributed by atoms with E-state index < -0.39 is 0 Å². The molecule has 2 heterocycles. The third kappa shape index (κ3) is 4.85. The smallest absolute Gasteiger partial charge is 0.262 e. The molecule has 1 amide bonds. The van der Waals surface area contributed by atoms with Crippen LogP contribution in [0.5, 0.6) is 5.75 Å². The number of anilines is 2. The number of Topliss-reactive ketones (excluding diaryl/α,β-unsaturated/α-hetero) is 1. The largest absolute Gasteiger partial charge is 0.481 e. The van der Waals surface area contributed by atoms with Gasteiger partial charge in [0.25, 0.3) is 5.91 Å². The number of pyridine rings is 1.